The number of sulfonamides is 1. The fourth-order valence-corrected chi connectivity index (χ4v) is 4.80. The summed E-state index contributed by atoms with van der Waals surface area (Å²) in [6, 6.07) is 8.78. The summed E-state index contributed by atoms with van der Waals surface area (Å²) < 4.78 is 26.8. The Morgan fingerprint density at radius 3 is 2.78 bits per heavy atom. The lowest BCUT2D eigenvalue weighted by Crippen LogP contribution is -2.28. The number of fused-ring (bicyclic) bond motifs is 1. The molecule has 0 fully saturated rings. The van der Waals surface area contributed by atoms with E-state index in [2.05, 4.69) is 0 Å². The molecule has 2 heterocycles. The van der Waals surface area contributed by atoms with Gasteiger partial charge in [-0.1, -0.05) is 12.1 Å². The standard InChI is InChI=1S/C12H12N2O2S2/c13-10-3-1-4-11-9(10)6-7-14(11)18(15,16)12-5-2-8-17-12/h1-5,8H,6-7,13H2. The Balaban J connectivity index is 2.11. The average Bonchev–Trinajstić information content (AvgIpc) is 2.99. The minimum absolute atomic E-state index is 0.373. The van der Waals surface area contributed by atoms with Crippen molar-refractivity contribution in [2.75, 3.05) is 16.6 Å². The molecule has 3 rings (SSSR count). The van der Waals surface area contributed by atoms with E-state index < -0.39 is 10.0 Å². The van der Waals surface area contributed by atoms with Crippen molar-refractivity contribution in [1.82, 2.24) is 0 Å². The quantitative estimate of drug-likeness (QED) is 0.857. The van der Waals surface area contributed by atoms with Gasteiger partial charge in [0.1, 0.15) is 4.21 Å². The van der Waals surface area contributed by atoms with Crippen LogP contribution in [0.4, 0.5) is 11.4 Å². The minimum Gasteiger partial charge on any atom is -0.398 e. The topological polar surface area (TPSA) is 63.4 Å². The van der Waals surface area contributed by atoms with Crippen LogP contribution in [-0.4, -0.2) is 15.0 Å². The smallest absolute Gasteiger partial charge is 0.273 e. The third-order valence-electron chi connectivity index (χ3n) is 3.06. The minimum atomic E-state index is -3.43. The van der Waals surface area contributed by atoms with Crippen molar-refractivity contribution in [2.24, 2.45) is 0 Å². The van der Waals surface area contributed by atoms with Crippen molar-refractivity contribution in [3.63, 3.8) is 0 Å². The Morgan fingerprint density at radius 1 is 1.22 bits per heavy atom. The third-order valence-corrected chi connectivity index (χ3v) is 6.25. The Bertz CT molecular complexity index is 678. The lowest BCUT2D eigenvalue weighted by Gasteiger charge is -2.18. The summed E-state index contributed by atoms with van der Waals surface area (Å²) >= 11 is 1.23. The average molecular weight is 280 g/mol. The lowest BCUT2D eigenvalue weighted by molar-refractivity contribution is 0.594. The van der Waals surface area contributed by atoms with Crippen LogP contribution >= 0.6 is 11.3 Å². The summed E-state index contributed by atoms with van der Waals surface area (Å²) in [5.41, 5.74) is 8.18. The second kappa shape index (κ2) is 4.00. The van der Waals surface area contributed by atoms with Crippen molar-refractivity contribution in [1.29, 1.82) is 0 Å². The molecule has 1 aliphatic heterocycles. The number of nitrogen functional groups attached to an aromatic ring is 1. The molecule has 0 unspecified atom stereocenters. The predicted molar refractivity (Wildman–Crippen MR) is 73.4 cm³/mol. The first-order valence-corrected chi connectivity index (χ1v) is 7.86. The highest BCUT2D eigenvalue weighted by atomic mass is 32.2. The molecule has 0 spiro atoms. The van der Waals surface area contributed by atoms with Gasteiger partial charge in [-0.3, -0.25) is 4.31 Å². The maximum Gasteiger partial charge on any atom is 0.273 e. The Labute approximate surface area is 110 Å². The van der Waals surface area contributed by atoms with Gasteiger partial charge in [-0.15, -0.1) is 11.3 Å². The lowest BCUT2D eigenvalue weighted by atomic mass is 10.1. The van der Waals surface area contributed by atoms with Crippen LogP contribution in [0, 0.1) is 0 Å². The highest BCUT2D eigenvalue weighted by molar-refractivity contribution is 7.94. The highest BCUT2D eigenvalue weighted by Gasteiger charge is 2.32. The van der Waals surface area contributed by atoms with Crippen LogP contribution in [0.2, 0.25) is 0 Å². The number of hydrogen-bond donors (Lipinski definition) is 1. The van der Waals surface area contributed by atoms with Gasteiger partial charge in [0.2, 0.25) is 0 Å². The number of benzene rings is 1. The largest absolute Gasteiger partial charge is 0.398 e. The molecule has 0 radical (unpaired) electrons. The zero-order valence-electron chi connectivity index (χ0n) is 9.54. The molecule has 2 aromatic rings. The number of thiophene rings is 1. The van der Waals surface area contributed by atoms with Crippen molar-refractivity contribution >= 4 is 32.7 Å². The summed E-state index contributed by atoms with van der Waals surface area (Å²) in [6.45, 7) is 0.462. The van der Waals surface area contributed by atoms with Gasteiger partial charge in [0, 0.05) is 17.8 Å². The van der Waals surface area contributed by atoms with Gasteiger partial charge < -0.3 is 5.73 Å². The van der Waals surface area contributed by atoms with Gasteiger partial charge in [-0.2, -0.15) is 0 Å². The SMILES string of the molecule is Nc1cccc2c1CCN2S(=O)(=O)c1cccs1. The Hall–Kier alpha value is -1.53. The molecule has 6 heteroatoms. The van der Waals surface area contributed by atoms with Gasteiger partial charge in [-0.05, 0) is 30.0 Å². The van der Waals surface area contributed by atoms with E-state index in [9.17, 15) is 8.42 Å². The fraction of sp³-hybridized carbons (Fsp3) is 0.167. The van der Waals surface area contributed by atoms with E-state index in [1.807, 2.05) is 6.07 Å². The third kappa shape index (κ3) is 1.60. The van der Waals surface area contributed by atoms with Gasteiger partial charge in [0.25, 0.3) is 10.0 Å². The van der Waals surface area contributed by atoms with Gasteiger partial charge >= 0.3 is 0 Å². The molecular weight excluding hydrogens is 268 g/mol. The van der Waals surface area contributed by atoms with Crippen molar-refractivity contribution in [2.45, 2.75) is 10.6 Å². The van der Waals surface area contributed by atoms with Crippen LogP contribution in [-0.2, 0) is 16.4 Å². The normalized spacial score (nSPS) is 14.8. The van der Waals surface area contributed by atoms with E-state index in [0.29, 0.717) is 28.5 Å². The first-order valence-electron chi connectivity index (χ1n) is 5.54. The zero-order chi connectivity index (χ0) is 12.8. The highest BCUT2D eigenvalue weighted by Crippen LogP contribution is 2.36. The Kier molecular flexibility index (Phi) is 2.57. The molecule has 1 aromatic heterocycles. The predicted octanol–water partition coefficient (Wildman–Crippen LogP) is 2.08. The van der Waals surface area contributed by atoms with Crippen molar-refractivity contribution in [3.05, 3.63) is 41.3 Å². The van der Waals surface area contributed by atoms with Gasteiger partial charge in [0.05, 0.1) is 5.69 Å². The molecule has 0 saturated carbocycles. The van der Waals surface area contributed by atoms with Crippen molar-refractivity contribution in [3.8, 4) is 0 Å². The van der Waals surface area contributed by atoms with Crippen LogP contribution in [0.3, 0.4) is 0 Å². The fourth-order valence-electron chi connectivity index (χ4n) is 2.20. The summed E-state index contributed by atoms with van der Waals surface area (Å²) in [5.74, 6) is 0. The number of nitrogens with zero attached hydrogens (tertiary/aromatic N) is 1. The number of anilines is 2. The molecule has 94 valence electrons. The monoisotopic (exact) mass is 280 g/mol. The second-order valence-electron chi connectivity index (χ2n) is 4.10. The van der Waals surface area contributed by atoms with E-state index in [0.717, 1.165) is 5.56 Å². The summed E-state index contributed by atoms with van der Waals surface area (Å²) in [7, 11) is -3.43. The first-order chi connectivity index (χ1) is 8.60. The molecule has 1 aliphatic rings. The van der Waals surface area contributed by atoms with E-state index in [1.165, 1.54) is 15.6 Å². The zero-order valence-corrected chi connectivity index (χ0v) is 11.2. The molecule has 0 saturated heterocycles. The van der Waals surface area contributed by atoms with Crippen LogP contribution in [0.1, 0.15) is 5.56 Å². The molecule has 1 aromatic carbocycles. The van der Waals surface area contributed by atoms with Gasteiger partial charge in [-0.25, -0.2) is 8.42 Å². The number of hydrogen-bond acceptors (Lipinski definition) is 4. The van der Waals surface area contributed by atoms with Gasteiger partial charge in [0.15, 0.2) is 0 Å². The molecule has 0 amide bonds. The second-order valence-corrected chi connectivity index (χ2v) is 7.14. The molecule has 18 heavy (non-hydrogen) atoms. The maximum absolute atomic E-state index is 12.5. The molecule has 0 aliphatic carbocycles. The maximum atomic E-state index is 12.5. The first kappa shape index (κ1) is 11.6. The van der Waals surface area contributed by atoms with E-state index in [-0.39, 0.29) is 0 Å². The van der Waals surface area contributed by atoms with Crippen LogP contribution in [0.15, 0.2) is 39.9 Å². The molecular formula is C12H12N2O2S2. The molecule has 0 atom stereocenters. The van der Waals surface area contributed by atoms with E-state index in [1.54, 1.807) is 29.6 Å². The van der Waals surface area contributed by atoms with Crippen molar-refractivity contribution < 1.29 is 8.42 Å². The number of nitrogens with two attached hydrogens (primary N) is 1. The van der Waals surface area contributed by atoms with E-state index in [4.69, 9.17) is 5.73 Å². The van der Waals surface area contributed by atoms with Crippen LogP contribution in [0.5, 0.6) is 0 Å². The van der Waals surface area contributed by atoms with E-state index >= 15 is 0 Å². The van der Waals surface area contributed by atoms with Crippen LogP contribution < -0.4 is 10.0 Å². The molecule has 0 bridgehead atoms. The number of rotatable bonds is 2. The summed E-state index contributed by atoms with van der Waals surface area (Å²) in [6.07, 6.45) is 0.673. The Morgan fingerprint density at radius 2 is 2.06 bits per heavy atom. The molecule has 2 N–H and O–H groups in total. The summed E-state index contributed by atoms with van der Waals surface area (Å²) in [5, 5.41) is 1.77. The molecule has 4 nitrogen and oxygen atoms in total. The summed E-state index contributed by atoms with van der Waals surface area (Å²) in [4.78, 5) is 0. The van der Waals surface area contributed by atoms with Crippen LogP contribution in [0.25, 0.3) is 0 Å².